The van der Waals surface area contributed by atoms with Crippen LogP contribution in [0.15, 0.2) is 0 Å². The third-order valence-corrected chi connectivity index (χ3v) is 3.83. The predicted octanol–water partition coefficient (Wildman–Crippen LogP) is 2.41. The van der Waals surface area contributed by atoms with Crippen LogP contribution in [0, 0.1) is 17.0 Å². The van der Waals surface area contributed by atoms with E-state index in [1.54, 1.807) is 11.6 Å². The number of aromatic nitrogens is 2. The van der Waals surface area contributed by atoms with Gasteiger partial charge in [-0.05, 0) is 46.2 Å². The summed E-state index contributed by atoms with van der Waals surface area (Å²) in [5.74, 6) is 0.547. The molecule has 1 aliphatic heterocycles. The number of hydrogen-bond acceptors (Lipinski definition) is 5. The van der Waals surface area contributed by atoms with Gasteiger partial charge in [0.25, 0.3) is 0 Å². The van der Waals surface area contributed by atoms with Gasteiger partial charge in [-0.15, -0.1) is 0 Å². The Morgan fingerprint density at radius 3 is 2.67 bits per heavy atom. The van der Waals surface area contributed by atoms with Crippen molar-refractivity contribution in [2.45, 2.75) is 52.6 Å². The molecule has 1 atom stereocenters. The van der Waals surface area contributed by atoms with E-state index in [0.29, 0.717) is 18.1 Å². The maximum Gasteiger partial charge on any atom is 0.333 e. The number of nitrogens with one attached hydrogen (secondary N) is 1. The largest absolute Gasteiger partial charge is 0.361 e. The minimum absolute atomic E-state index is 0.108. The van der Waals surface area contributed by atoms with Crippen LogP contribution in [0.2, 0.25) is 0 Å². The summed E-state index contributed by atoms with van der Waals surface area (Å²) in [4.78, 5) is 13.4. The van der Waals surface area contributed by atoms with Gasteiger partial charge in [0.1, 0.15) is 5.69 Å². The van der Waals surface area contributed by atoms with Crippen LogP contribution in [0.4, 0.5) is 11.5 Å². The van der Waals surface area contributed by atoms with Gasteiger partial charge >= 0.3 is 5.69 Å². The van der Waals surface area contributed by atoms with Crippen LogP contribution in [0.5, 0.6) is 0 Å². The van der Waals surface area contributed by atoms with Crippen molar-refractivity contribution in [3.05, 3.63) is 15.8 Å². The molecule has 1 aromatic heterocycles. The molecule has 2 heterocycles. The average molecular weight is 295 g/mol. The standard InChI is InChI=1S/C14H25N5O2/c1-4-7-18-14(13(19(20)21)12(3)16-18)15-11(2)10-17-8-5-6-9-17/h11,15H,4-10H2,1-3H3. The summed E-state index contributed by atoms with van der Waals surface area (Å²) in [7, 11) is 0. The van der Waals surface area contributed by atoms with Crippen molar-refractivity contribution in [3.63, 3.8) is 0 Å². The second-order valence-corrected chi connectivity index (χ2v) is 5.82. The molecule has 0 aromatic carbocycles. The lowest BCUT2D eigenvalue weighted by atomic mass is 10.3. The van der Waals surface area contributed by atoms with Crippen LogP contribution < -0.4 is 5.32 Å². The number of nitro groups is 1. The van der Waals surface area contributed by atoms with E-state index < -0.39 is 0 Å². The van der Waals surface area contributed by atoms with Gasteiger partial charge < -0.3 is 10.2 Å². The Kier molecular flexibility index (Phi) is 5.17. The fraction of sp³-hybridized carbons (Fsp3) is 0.786. The number of rotatable bonds is 7. The molecule has 1 fully saturated rings. The van der Waals surface area contributed by atoms with Crippen molar-refractivity contribution in [1.29, 1.82) is 0 Å². The zero-order chi connectivity index (χ0) is 15.4. The number of hydrogen-bond donors (Lipinski definition) is 1. The van der Waals surface area contributed by atoms with Gasteiger partial charge in [0.05, 0.1) is 4.92 Å². The zero-order valence-electron chi connectivity index (χ0n) is 13.1. The van der Waals surface area contributed by atoms with Crippen LogP contribution in [-0.2, 0) is 6.54 Å². The third-order valence-electron chi connectivity index (χ3n) is 3.83. The number of anilines is 1. The molecule has 7 heteroatoms. The van der Waals surface area contributed by atoms with Gasteiger partial charge in [0.2, 0.25) is 5.82 Å². The van der Waals surface area contributed by atoms with E-state index in [1.165, 1.54) is 12.8 Å². The summed E-state index contributed by atoms with van der Waals surface area (Å²) in [5, 5.41) is 18.9. The predicted molar refractivity (Wildman–Crippen MR) is 82.7 cm³/mol. The highest BCUT2D eigenvalue weighted by Crippen LogP contribution is 2.29. The monoisotopic (exact) mass is 295 g/mol. The molecular formula is C14H25N5O2. The van der Waals surface area contributed by atoms with Crippen molar-refractivity contribution in [2.24, 2.45) is 0 Å². The zero-order valence-corrected chi connectivity index (χ0v) is 13.1. The van der Waals surface area contributed by atoms with Gasteiger partial charge in [-0.3, -0.25) is 10.1 Å². The summed E-state index contributed by atoms with van der Waals surface area (Å²) in [6, 6.07) is 0.161. The normalized spacial score (nSPS) is 17.1. The van der Waals surface area contributed by atoms with E-state index in [2.05, 4.69) is 22.2 Å². The number of likely N-dealkylation sites (tertiary alicyclic amines) is 1. The highest BCUT2D eigenvalue weighted by atomic mass is 16.6. The molecule has 1 saturated heterocycles. The van der Waals surface area contributed by atoms with E-state index in [1.807, 2.05) is 6.92 Å². The second-order valence-electron chi connectivity index (χ2n) is 5.82. The molecule has 1 aliphatic rings. The molecular weight excluding hydrogens is 270 g/mol. The van der Waals surface area contributed by atoms with Crippen molar-refractivity contribution in [2.75, 3.05) is 25.0 Å². The van der Waals surface area contributed by atoms with Gasteiger partial charge in [0.15, 0.2) is 0 Å². The summed E-state index contributed by atoms with van der Waals surface area (Å²) in [5.41, 5.74) is 0.584. The van der Waals surface area contributed by atoms with Crippen molar-refractivity contribution in [3.8, 4) is 0 Å². The van der Waals surface area contributed by atoms with Crippen molar-refractivity contribution >= 4 is 11.5 Å². The topological polar surface area (TPSA) is 76.2 Å². The van der Waals surface area contributed by atoms with E-state index in [4.69, 9.17) is 0 Å². The molecule has 0 aliphatic carbocycles. The maximum absolute atomic E-state index is 11.3. The molecule has 0 radical (unpaired) electrons. The smallest absolute Gasteiger partial charge is 0.333 e. The fourth-order valence-corrected chi connectivity index (χ4v) is 2.94. The molecule has 0 saturated carbocycles. The van der Waals surface area contributed by atoms with E-state index in [0.717, 1.165) is 26.1 Å². The molecule has 0 amide bonds. The van der Waals surface area contributed by atoms with Crippen LogP contribution in [0.25, 0.3) is 0 Å². The molecule has 21 heavy (non-hydrogen) atoms. The van der Waals surface area contributed by atoms with Crippen LogP contribution in [0.3, 0.4) is 0 Å². The first kappa shape index (κ1) is 15.8. The molecule has 1 unspecified atom stereocenters. The lowest BCUT2D eigenvalue weighted by Crippen LogP contribution is -2.33. The maximum atomic E-state index is 11.3. The SMILES string of the molecule is CCCn1nc(C)c([N+](=O)[O-])c1NC(C)CN1CCCC1. The van der Waals surface area contributed by atoms with Gasteiger partial charge in [-0.25, -0.2) is 4.68 Å². The molecule has 118 valence electrons. The fourth-order valence-electron chi connectivity index (χ4n) is 2.94. The second kappa shape index (κ2) is 6.89. The van der Waals surface area contributed by atoms with Crippen LogP contribution >= 0.6 is 0 Å². The Hall–Kier alpha value is -1.63. The lowest BCUT2D eigenvalue weighted by Gasteiger charge is -2.22. The van der Waals surface area contributed by atoms with Gasteiger partial charge in [-0.2, -0.15) is 5.10 Å². The Bertz CT molecular complexity index is 494. The van der Waals surface area contributed by atoms with Crippen LogP contribution in [0.1, 0.15) is 38.8 Å². The first-order valence-corrected chi connectivity index (χ1v) is 7.73. The third kappa shape index (κ3) is 3.72. The van der Waals surface area contributed by atoms with E-state index in [9.17, 15) is 10.1 Å². The molecule has 0 spiro atoms. The average Bonchev–Trinajstić information content (AvgIpc) is 2.99. The summed E-state index contributed by atoms with van der Waals surface area (Å²) in [6.07, 6.45) is 3.40. The van der Waals surface area contributed by atoms with Crippen LogP contribution in [-0.4, -0.2) is 45.3 Å². The highest BCUT2D eigenvalue weighted by molar-refractivity contribution is 5.60. The summed E-state index contributed by atoms with van der Waals surface area (Å²) in [6.45, 7) is 9.66. The Morgan fingerprint density at radius 2 is 2.10 bits per heavy atom. The molecule has 0 bridgehead atoms. The number of nitrogens with zero attached hydrogens (tertiary/aromatic N) is 4. The molecule has 7 nitrogen and oxygen atoms in total. The molecule has 2 rings (SSSR count). The first-order valence-electron chi connectivity index (χ1n) is 7.73. The van der Waals surface area contributed by atoms with Gasteiger partial charge in [-0.1, -0.05) is 6.92 Å². The quantitative estimate of drug-likeness (QED) is 0.617. The summed E-state index contributed by atoms with van der Waals surface area (Å²) < 4.78 is 1.73. The lowest BCUT2D eigenvalue weighted by molar-refractivity contribution is -0.384. The molecule has 1 N–H and O–H groups in total. The minimum Gasteiger partial charge on any atom is -0.361 e. The Balaban J connectivity index is 2.14. The Labute approximate surface area is 125 Å². The minimum atomic E-state index is -0.334. The number of aryl methyl sites for hydroxylation is 2. The summed E-state index contributed by atoms with van der Waals surface area (Å²) >= 11 is 0. The van der Waals surface area contributed by atoms with E-state index in [-0.39, 0.29) is 16.7 Å². The van der Waals surface area contributed by atoms with Crippen molar-refractivity contribution < 1.29 is 4.92 Å². The molecule has 1 aromatic rings. The first-order chi connectivity index (χ1) is 10.0. The van der Waals surface area contributed by atoms with Gasteiger partial charge in [0, 0.05) is 19.1 Å². The highest BCUT2D eigenvalue weighted by Gasteiger charge is 2.26. The van der Waals surface area contributed by atoms with E-state index >= 15 is 0 Å². The van der Waals surface area contributed by atoms with Crippen molar-refractivity contribution in [1.82, 2.24) is 14.7 Å². The Morgan fingerprint density at radius 1 is 1.43 bits per heavy atom.